The van der Waals surface area contributed by atoms with Gasteiger partial charge in [0.15, 0.2) is 5.65 Å². The first-order valence-electron chi connectivity index (χ1n) is 8.77. The van der Waals surface area contributed by atoms with E-state index in [1.54, 1.807) is 17.0 Å². The number of hydrogen-bond acceptors (Lipinski definition) is 4. The normalized spacial score (nSPS) is 13.2. The summed E-state index contributed by atoms with van der Waals surface area (Å²) < 4.78 is 3.71. The highest BCUT2D eigenvalue weighted by Gasteiger charge is 2.29. The van der Waals surface area contributed by atoms with Crippen molar-refractivity contribution < 1.29 is 4.79 Å². The summed E-state index contributed by atoms with van der Waals surface area (Å²) in [5.41, 5.74) is 3.54. The van der Waals surface area contributed by atoms with Gasteiger partial charge in [-0.15, -0.1) is 0 Å². The van der Waals surface area contributed by atoms with Crippen LogP contribution in [0, 0.1) is 26.2 Å². The third-order valence-electron chi connectivity index (χ3n) is 4.60. The van der Waals surface area contributed by atoms with Crippen LogP contribution in [0.5, 0.6) is 0 Å². The third kappa shape index (κ3) is 3.47. The number of hydrogen-bond donors (Lipinski definition) is 1. The predicted octanol–water partition coefficient (Wildman–Crippen LogP) is 2.70. The summed E-state index contributed by atoms with van der Waals surface area (Å²) in [6, 6.07) is 1.89. The van der Waals surface area contributed by atoms with Crippen molar-refractivity contribution in [2.45, 2.75) is 54.1 Å². The maximum atomic E-state index is 13.1. The highest BCUT2D eigenvalue weighted by atomic mass is 16.1. The molecule has 26 heavy (non-hydrogen) atoms. The van der Waals surface area contributed by atoms with Crippen molar-refractivity contribution in [3.8, 4) is 0 Å². The number of fused-ring (bicyclic) bond motifs is 1. The van der Waals surface area contributed by atoms with Gasteiger partial charge in [0, 0.05) is 30.3 Å². The summed E-state index contributed by atoms with van der Waals surface area (Å²) in [7, 11) is 0. The smallest absolute Gasteiger partial charge is 0.257 e. The molecule has 0 saturated carbocycles. The average molecular weight is 354 g/mol. The highest BCUT2D eigenvalue weighted by molar-refractivity contribution is 6.01. The average Bonchev–Trinajstić information content (AvgIpc) is 3.13. The van der Waals surface area contributed by atoms with Gasteiger partial charge >= 0.3 is 0 Å². The van der Waals surface area contributed by atoms with Crippen molar-refractivity contribution in [2.75, 3.05) is 0 Å². The minimum Gasteiger partial charge on any atom is -0.347 e. The van der Waals surface area contributed by atoms with E-state index in [2.05, 4.69) is 41.2 Å². The number of nitrogens with zero attached hydrogens (tertiary/aromatic N) is 5. The minimum atomic E-state index is -0.143. The number of aryl methyl sites for hydroxylation is 3. The van der Waals surface area contributed by atoms with Crippen LogP contribution < -0.4 is 5.32 Å². The molecule has 0 aromatic carbocycles. The van der Waals surface area contributed by atoms with Crippen molar-refractivity contribution >= 4 is 11.6 Å². The van der Waals surface area contributed by atoms with E-state index in [4.69, 9.17) is 0 Å². The molecule has 3 aromatic heterocycles. The van der Waals surface area contributed by atoms with Crippen LogP contribution in [0.25, 0.3) is 5.65 Å². The first-order valence-corrected chi connectivity index (χ1v) is 8.77. The van der Waals surface area contributed by atoms with Gasteiger partial charge in [0.05, 0.1) is 18.1 Å². The van der Waals surface area contributed by atoms with E-state index in [1.807, 2.05) is 37.6 Å². The molecule has 0 radical (unpaired) electrons. The zero-order valence-corrected chi connectivity index (χ0v) is 16.2. The van der Waals surface area contributed by atoms with E-state index < -0.39 is 0 Å². The number of imidazole rings is 1. The molecule has 0 aliphatic carbocycles. The summed E-state index contributed by atoms with van der Waals surface area (Å²) in [6.07, 6.45) is 5.41. The lowest BCUT2D eigenvalue weighted by atomic mass is 9.86. The molecule has 1 N–H and O–H groups in total. The molecule has 7 heteroatoms. The standard InChI is InChI=1S/C19H26N6O/c1-12-9-13(2)25-17(21-12)16(14(3)23-25)18(26)22-15(19(4,5)6)10-24-8-7-20-11-24/h7-9,11,15H,10H2,1-6H3,(H,22,26)/t15-/m0/s1. The molecule has 0 fully saturated rings. The Balaban J connectivity index is 1.95. The number of nitrogens with one attached hydrogen (secondary N) is 1. The van der Waals surface area contributed by atoms with E-state index in [0.29, 0.717) is 23.4 Å². The van der Waals surface area contributed by atoms with E-state index in [9.17, 15) is 4.79 Å². The summed E-state index contributed by atoms with van der Waals surface area (Å²) in [4.78, 5) is 21.8. The molecule has 0 saturated heterocycles. The number of rotatable bonds is 4. The van der Waals surface area contributed by atoms with Crippen molar-refractivity contribution in [3.05, 3.63) is 47.4 Å². The zero-order valence-electron chi connectivity index (χ0n) is 16.2. The van der Waals surface area contributed by atoms with Crippen molar-refractivity contribution in [2.24, 2.45) is 5.41 Å². The Kier molecular flexibility index (Phi) is 4.56. The van der Waals surface area contributed by atoms with Crippen LogP contribution in [0.15, 0.2) is 24.8 Å². The minimum absolute atomic E-state index is 0.0653. The fraction of sp³-hybridized carbons (Fsp3) is 0.474. The first kappa shape index (κ1) is 18.1. The second kappa shape index (κ2) is 6.55. The third-order valence-corrected chi connectivity index (χ3v) is 4.60. The van der Waals surface area contributed by atoms with Gasteiger partial charge in [-0.25, -0.2) is 14.5 Å². The molecule has 0 spiro atoms. The second-order valence-electron chi connectivity index (χ2n) is 7.89. The predicted molar refractivity (Wildman–Crippen MR) is 100 cm³/mol. The summed E-state index contributed by atoms with van der Waals surface area (Å²) in [6.45, 7) is 12.7. The van der Waals surface area contributed by atoms with Gasteiger partial charge in [0.2, 0.25) is 0 Å². The van der Waals surface area contributed by atoms with Gasteiger partial charge in [0.1, 0.15) is 5.56 Å². The maximum Gasteiger partial charge on any atom is 0.257 e. The van der Waals surface area contributed by atoms with Crippen LogP contribution in [0.3, 0.4) is 0 Å². The Bertz CT molecular complexity index is 933. The first-order chi connectivity index (χ1) is 12.2. The lowest BCUT2D eigenvalue weighted by Crippen LogP contribution is -2.46. The van der Waals surface area contributed by atoms with Crippen LogP contribution in [-0.4, -0.2) is 36.1 Å². The van der Waals surface area contributed by atoms with Crippen LogP contribution >= 0.6 is 0 Å². The molecule has 3 heterocycles. The summed E-state index contributed by atoms with van der Waals surface area (Å²) >= 11 is 0. The SMILES string of the molecule is Cc1cc(C)n2nc(C)c(C(=O)N[C@@H](Cn3ccnc3)C(C)(C)C)c2n1. The van der Waals surface area contributed by atoms with E-state index in [-0.39, 0.29) is 17.4 Å². The second-order valence-corrected chi connectivity index (χ2v) is 7.89. The molecule has 138 valence electrons. The Morgan fingerprint density at radius 3 is 2.62 bits per heavy atom. The number of carbonyl (C=O) groups excluding carboxylic acids is 1. The Morgan fingerprint density at radius 2 is 2.00 bits per heavy atom. The Morgan fingerprint density at radius 1 is 1.27 bits per heavy atom. The number of aromatic nitrogens is 5. The van der Waals surface area contributed by atoms with Gasteiger partial charge in [-0.2, -0.15) is 5.10 Å². The molecule has 3 rings (SSSR count). The molecule has 0 aliphatic heterocycles. The fourth-order valence-corrected chi connectivity index (χ4v) is 3.06. The topological polar surface area (TPSA) is 77.1 Å². The molecule has 3 aromatic rings. The van der Waals surface area contributed by atoms with Crippen LogP contribution in [0.2, 0.25) is 0 Å². The molecule has 0 bridgehead atoms. The van der Waals surface area contributed by atoms with Crippen molar-refractivity contribution in [3.63, 3.8) is 0 Å². The fourth-order valence-electron chi connectivity index (χ4n) is 3.06. The monoisotopic (exact) mass is 354 g/mol. The van der Waals surface area contributed by atoms with Gasteiger partial charge in [-0.3, -0.25) is 4.79 Å². The van der Waals surface area contributed by atoms with Crippen molar-refractivity contribution in [1.29, 1.82) is 0 Å². The highest BCUT2D eigenvalue weighted by Crippen LogP contribution is 2.23. The van der Waals surface area contributed by atoms with E-state index >= 15 is 0 Å². The summed E-state index contributed by atoms with van der Waals surface area (Å²) in [5.74, 6) is -0.143. The molecular weight excluding hydrogens is 328 g/mol. The van der Waals surface area contributed by atoms with E-state index in [1.165, 1.54) is 0 Å². The Labute approximate surface area is 153 Å². The maximum absolute atomic E-state index is 13.1. The molecule has 0 aliphatic rings. The number of carbonyl (C=O) groups is 1. The lowest BCUT2D eigenvalue weighted by Gasteiger charge is -2.31. The van der Waals surface area contributed by atoms with Gasteiger partial charge in [-0.1, -0.05) is 20.8 Å². The van der Waals surface area contributed by atoms with Crippen molar-refractivity contribution in [1.82, 2.24) is 29.5 Å². The molecule has 1 amide bonds. The van der Waals surface area contributed by atoms with Crippen LogP contribution in [-0.2, 0) is 6.54 Å². The summed E-state index contributed by atoms with van der Waals surface area (Å²) in [5, 5.41) is 7.69. The van der Waals surface area contributed by atoms with Crippen LogP contribution in [0.4, 0.5) is 0 Å². The molecular formula is C19H26N6O. The number of amides is 1. The van der Waals surface area contributed by atoms with E-state index in [0.717, 1.165) is 11.4 Å². The molecule has 7 nitrogen and oxygen atoms in total. The Hall–Kier alpha value is -2.70. The largest absolute Gasteiger partial charge is 0.347 e. The quantitative estimate of drug-likeness (QED) is 0.781. The van der Waals surface area contributed by atoms with Gasteiger partial charge < -0.3 is 9.88 Å². The zero-order chi connectivity index (χ0) is 19.1. The molecule has 0 unspecified atom stereocenters. The lowest BCUT2D eigenvalue weighted by molar-refractivity contribution is 0.0893. The van der Waals surface area contributed by atoms with Crippen LogP contribution in [0.1, 0.15) is 48.2 Å². The molecule has 1 atom stereocenters. The van der Waals surface area contributed by atoms with Gasteiger partial charge in [-0.05, 0) is 32.3 Å². The van der Waals surface area contributed by atoms with Gasteiger partial charge in [0.25, 0.3) is 5.91 Å².